The maximum absolute atomic E-state index is 12.8. The Hall–Kier alpha value is -3.79. The molecule has 0 spiro atoms. The molecule has 4 heterocycles. The van der Waals surface area contributed by atoms with Crippen LogP contribution in [0.4, 0.5) is 5.82 Å². The molecular formula is C30H35N5O5. The number of esters is 1. The molecule has 0 saturated heterocycles. The van der Waals surface area contributed by atoms with E-state index in [-0.39, 0.29) is 29.4 Å². The fraction of sp³-hybridized carbons (Fsp3) is 0.500. The fourth-order valence-corrected chi connectivity index (χ4v) is 6.53. The van der Waals surface area contributed by atoms with Crippen molar-refractivity contribution < 1.29 is 23.8 Å². The molecule has 3 aromatic rings. The monoisotopic (exact) mass is 545 g/mol. The number of rotatable bonds is 9. The summed E-state index contributed by atoms with van der Waals surface area (Å²) in [6, 6.07) is 7.51. The van der Waals surface area contributed by atoms with Crippen LogP contribution < -0.4 is 20.1 Å². The summed E-state index contributed by atoms with van der Waals surface area (Å²) in [7, 11) is 1.59. The molecule has 3 aliphatic carbocycles. The largest absolute Gasteiger partial charge is 0.481 e. The molecule has 0 atom stereocenters. The molecule has 0 aromatic carbocycles. The number of hydrogen-bond acceptors (Lipinski definition) is 9. The second-order valence-corrected chi connectivity index (χ2v) is 11.2. The standard InChI is InChI=1S/C30H35N5O5/c1-3-39-28(37)21-17-31-22-5-7-25(38-2)35-26(22)20(21)8-9-29-10-13-30(14-11-29,15-12-29)32-16-19-4-6-23-27(33-19)34-24(36)18-40-23/h4-7,17,32H,3,8-16,18H2,1-2H3,(H,33,34,36). The highest BCUT2D eigenvalue weighted by molar-refractivity contribution is 5.96. The molecule has 3 aromatic heterocycles. The van der Waals surface area contributed by atoms with E-state index in [1.54, 1.807) is 19.4 Å². The van der Waals surface area contributed by atoms with Gasteiger partial charge in [0.25, 0.3) is 5.91 Å². The molecule has 1 aliphatic heterocycles. The van der Waals surface area contributed by atoms with E-state index in [9.17, 15) is 9.59 Å². The third kappa shape index (κ3) is 5.08. The van der Waals surface area contributed by atoms with Gasteiger partial charge in [-0.1, -0.05) is 0 Å². The van der Waals surface area contributed by atoms with Crippen molar-refractivity contribution in [2.75, 3.05) is 25.6 Å². The van der Waals surface area contributed by atoms with Crippen LogP contribution in [0.15, 0.2) is 30.5 Å². The van der Waals surface area contributed by atoms with E-state index >= 15 is 0 Å². The lowest BCUT2D eigenvalue weighted by Gasteiger charge is -2.54. The lowest BCUT2D eigenvalue weighted by atomic mass is 9.55. The van der Waals surface area contributed by atoms with Crippen molar-refractivity contribution in [2.24, 2.45) is 5.41 Å². The molecule has 2 bridgehead atoms. The summed E-state index contributed by atoms with van der Waals surface area (Å²) in [4.78, 5) is 38.3. The van der Waals surface area contributed by atoms with Crippen molar-refractivity contribution in [3.05, 3.63) is 47.3 Å². The van der Waals surface area contributed by atoms with E-state index in [1.807, 2.05) is 25.1 Å². The molecule has 10 heteroatoms. The van der Waals surface area contributed by atoms with Crippen LogP contribution in [0.25, 0.3) is 11.0 Å². The number of anilines is 1. The number of aromatic nitrogens is 3. The summed E-state index contributed by atoms with van der Waals surface area (Å²) >= 11 is 0. The van der Waals surface area contributed by atoms with Crippen molar-refractivity contribution in [3.8, 4) is 11.6 Å². The number of nitrogens with zero attached hydrogens (tertiary/aromatic N) is 3. The van der Waals surface area contributed by atoms with Crippen molar-refractivity contribution in [2.45, 2.75) is 70.4 Å². The van der Waals surface area contributed by atoms with E-state index in [4.69, 9.17) is 14.2 Å². The highest BCUT2D eigenvalue weighted by Gasteiger charge is 2.48. The summed E-state index contributed by atoms with van der Waals surface area (Å²) in [6.07, 6.45) is 10.1. The molecule has 3 fully saturated rings. The summed E-state index contributed by atoms with van der Waals surface area (Å²) in [6.45, 7) is 2.80. The van der Waals surface area contributed by atoms with Crippen LogP contribution in [0, 0.1) is 5.41 Å². The third-order valence-electron chi connectivity index (χ3n) is 8.98. The first kappa shape index (κ1) is 26.4. The highest BCUT2D eigenvalue weighted by Crippen LogP contribution is 2.54. The Labute approximate surface area is 233 Å². The van der Waals surface area contributed by atoms with Crippen molar-refractivity contribution in [3.63, 3.8) is 0 Å². The van der Waals surface area contributed by atoms with E-state index < -0.39 is 0 Å². The quantitative estimate of drug-likeness (QED) is 0.378. The van der Waals surface area contributed by atoms with Gasteiger partial charge in [-0.25, -0.2) is 14.8 Å². The zero-order valence-corrected chi connectivity index (χ0v) is 23.0. The Bertz CT molecular complexity index is 1430. The van der Waals surface area contributed by atoms with Gasteiger partial charge in [0, 0.05) is 24.3 Å². The summed E-state index contributed by atoms with van der Waals surface area (Å²) in [5, 5.41) is 6.60. The molecule has 0 unspecified atom stereocenters. The first-order chi connectivity index (χ1) is 19.4. The number of ether oxygens (including phenoxy) is 3. The van der Waals surface area contributed by atoms with Crippen LogP contribution in [0.2, 0.25) is 0 Å². The van der Waals surface area contributed by atoms with Gasteiger partial charge >= 0.3 is 5.97 Å². The van der Waals surface area contributed by atoms with Gasteiger partial charge in [0.15, 0.2) is 18.2 Å². The number of carbonyl (C=O) groups is 2. The Kier molecular flexibility index (Phi) is 7.04. The average Bonchev–Trinajstić information content (AvgIpc) is 2.99. The van der Waals surface area contributed by atoms with Crippen molar-refractivity contribution in [1.82, 2.24) is 20.3 Å². The maximum atomic E-state index is 12.8. The number of hydrogen-bond donors (Lipinski definition) is 2. The molecule has 7 rings (SSSR count). The van der Waals surface area contributed by atoms with Crippen LogP contribution >= 0.6 is 0 Å². The number of aryl methyl sites for hydroxylation is 1. The molecule has 2 N–H and O–H groups in total. The summed E-state index contributed by atoms with van der Waals surface area (Å²) < 4.78 is 16.2. The minimum atomic E-state index is -0.355. The van der Waals surface area contributed by atoms with Gasteiger partial charge in [0.1, 0.15) is 0 Å². The van der Waals surface area contributed by atoms with E-state index in [0.717, 1.165) is 68.1 Å². The van der Waals surface area contributed by atoms with E-state index in [1.165, 1.54) is 0 Å². The topological polar surface area (TPSA) is 125 Å². The Morgan fingerprint density at radius 3 is 2.65 bits per heavy atom. The molecule has 0 radical (unpaired) electrons. The zero-order valence-electron chi connectivity index (χ0n) is 23.0. The smallest absolute Gasteiger partial charge is 0.340 e. The first-order valence-corrected chi connectivity index (χ1v) is 14.1. The van der Waals surface area contributed by atoms with E-state index in [0.29, 0.717) is 41.7 Å². The number of nitrogens with one attached hydrogen (secondary N) is 2. The summed E-state index contributed by atoms with van der Waals surface area (Å²) in [5.41, 5.74) is 4.09. The van der Waals surface area contributed by atoms with Gasteiger partial charge in [-0.3, -0.25) is 9.78 Å². The second-order valence-electron chi connectivity index (χ2n) is 11.2. The molecule has 3 saturated carbocycles. The molecule has 10 nitrogen and oxygen atoms in total. The minimum absolute atomic E-state index is 0.0311. The summed E-state index contributed by atoms with van der Waals surface area (Å²) in [5.74, 6) is 1.08. The highest BCUT2D eigenvalue weighted by atomic mass is 16.5. The molecule has 40 heavy (non-hydrogen) atoms. The molecule has 4 aliphatic rings. The van der Waals surface area contributed by atoms with Gasteiger partial charge in [0.05, 0.1) is 36.0 Å². The van der Waals surface area contributed by atoms with Crippen LogP contribution in [0.3, 0.4) is 0 Å². The van der Waals surface area contributed by atoms with Gasteiger partial charge in [-0.05, 0) is 87.5 Å². The number of fused-ring (bicyclic) bond motifs is 5. The van der Waals surface area contributed by atoms with Gasteiger partial charge in [0.2, 0.25) is 5.88 Å². The second kappa shape index (κ2) is 10.6. The fourth-order valence-electron chi connectivity index (χ4n) is 6.53. The first-order valence-electron chi connectivity index (χ1n) is 14.1. The van der Waals surface area contributed by atoms with Gasteiger partial charge in [-0.2, -0.15) is 0 Å². The SMILES string of the molecule is CCOC(=O)c1cnc2ccc(OC)nc2c1CCC12CCC(NCc3ccc4c(n3)NC(=O)CO4)(CC1)CC2. The van der Waals surface area contributed by atoms with Crippen LogP contribution in [-0.4, -0.2) is 52.7 Å². The van der Waals surface area contributed by atoms with E-state index in [2.05, 4.69) is 25.6 Å². The Morgan fingerprint density at radius 2 is 1.90 bits per heavy atom. The van der Waals surface area contributed by atoms with Crippen molar-refractivity contribution >= 4 is 28.7 Å². The number of methoxy groups -OCH3 is 1. The lowest BCUT2D eigenvalue weighted by molar-refractivity contribution is -0.118. The molecular weight excluding hydrogens is 510 g/mol. The third-order valence-corrected chi connectivity index (χ3v) is 8.98. The number of pyridine rings is 3. The number of amides is 1. The van der Waals surface area contributed by atoms with Gasteiger partial charge < -0.3 is 24.8 Å². The molecule has 1 amide bonds. The van der Waals surface area contributed by atoms with Gasteiger partial charge in [-0.15, -0.1) is 0 Å². The predicted octanol–water partition coefficient (Wildman–Crippen LogP) is 4.36. The minimum Gasteiger partial charge on any atom is -0.481 e. The van der Waals surface area contributed by atoms with Crippen LogP contribution in [0.1, 0.15) is 73.5 Å². The van der Waals surface area contributed by atoms with Crippen LogP contribution in [-0.2, 0) is 22.5 Å². The molecule has 210 valence electrons. The average molecular weight is 546 g/mol. The van der Waals surface area contributed by atoms with Crippen LogP contribution in [0.5, 0.6) is 11.6 Å². The zero-order chi connectivity index (χ0) is 27.7. The lowest BCUT2D eigenvalue weighted by Crippen LogP contribution is -2.54. The Morgan fingerprint density at radius 1 is 1.10 bits per heavy atom. The predicted molar refractivity (Wildman–Crippen MR) is 148 cm³/mol. The van der Waals surface area contributed by atoms with Crippen molar-refractivity contribution in [1.29, 1.82) is 0 Å². The normalized spacial score (nSPS) is 23.3. The Balaban J connectivity index is 1.14. The number of carbonyl (C=O) groups excluding carboxylic acids is 2. The maximum Gasteiger partial charge on any atom is 0.340 e.